The first kappa shape index (κ1) is 12.8. The third-order valence-corrected chi connectivity index (χ3v) is 3.62. The molecular weight excluding hydrogens is 252 g/mol. The van der Waals surface area contributed by atoms with Crippen LogP contribution in [0.25, 0.3) is 10.9 Å². The standard InChI is InChI=1S/C12H12N2O3S/c15-7-2-8-18-11-5-4-10(14(16)17)12-9(11)3-1-6-13-12/h1,3-6,15H,2,7-8H2. The molecule has 0 saturated heterocycles. The van der Waals surface area contributed by atoms with E-state index in [9.17, 15) is 10.1 Å². The van der Waals surface area contributed by atoms with Gasteiger partial charge in [-0.3, -0.25) is 10.1 Å². The van der Waals surface area contributed by atoms with E-state index in [0.717, 1.165) is 16.0 Å². The van der Waals surface area contributed by atoms with E-state index in [1.165, 1.54) is 6.07 Å². The van der Waals surface area contributed by atoms with Crippen LogP contribution in [-0.4, -0.2) is 27.4 Å². The molecule has 0 bridgehead atoms. The number of aliphatic hydroxyl groups excluding tert-OH is 1. The van der Waals surface area contributed by atoms with Gasteiger partial charge in [0.15, 0.2) is 0 Å². The van der Waals surface area contributed by atoms with Gasteiger partial charge in [-0.25, -0.2) is 4.98 Å². The zero-order valence-electron chi connectivity index (χ0n) is 9.57. The molecule has 0 saturated carbocycles. The topological polar surface area (TPSA) is 76.3 Å². The first-order valence-corrected chi connectivity index (χ1v) is 6.48. The number of rotatable bonds is 5. The molecule has 0 amide bonds. The van der Waals surface area contributed by atoms with Gasteiger partial charge in [0.1, 0.15) is 5.52 Å². The first-order chi connectivity index (χ1) is 8.74. The van der Waals surface area contributed by atoms with E-state index in [-0.39, 0.29) is 12.3 Å². The molecule has 0 aliphatic heterocycles. The van der Waals surface area contributed by atoms with Crippen LogP contribution in [0.5, 0.6) is 0 Å². The molecular formula is C12H12N2O3S. The number of nitro benzene ring substituents is 1. The number of thioether (sulfide) groups is 1. The summed E-state index contributed by atoms with van der Waals surface area (Å²) in [5, 5.41) is 20.5. The molecule has 1 heterocycles. The van der Waals surface area contributed by atoms with Gasteiger partial charge in [0.05, 0.1) is 4.92 Å². The van der Waals surface area contributed by atoms with Crippen molar-refractivity contribution in [3.05, 3.63) is 40.6 Å². The molecule has 0 atom stereocenters. The summed E-state index contributed by atoms with van der Waals surface area (Å²) in [4.78, 5) is 15.5. The van der Waals surface area contributed by atoms with Crippen molar-refractivity contribution in [1.29, 1.82) is 0 Å². The number of nitrogens with zero attached hydrogens (tertiary/aromatic N) is 2. The minimum Gasteiger partial charge on any atom is -0.396 e. The van der Waals surface area contributed by atoms with Crippen molar-refractivity contribution in [3.63, 3.8) is 0 Å². The number of aromatic nitrogens is 1. The molecule has 18 heavy (non-hydrogen) atoms. The summed E-state index contributed by atoms with van der Waals surface area (Å²) in [6.07, 6.45) is 2.25. The highest BCUT2D eigenvalue weighted by molar-refractivity contribution is 7.99. The lowest BCUT2D eigenvalue weighted by Crippen LogP contribution is -1.93. The van der Waals surface area contributed by atoms with E-state index in [2.05, 4.69) is 4.98 Å². The predicted octanol–water partition coefficient (Wildman–Crippen LogP) is 2.62. The lowest BCUT2D eigenvalue weighted by molar-refractivity contribution is -0.383. The molecule has 1 aromatic heterocycles. The molecule has 1 aromatic carbocycles. The summed E-state index contributed by atoms with van der Waals surface area (Å²) in [6.45, 7) is 0.149. The van der Waals surface area contributed by atoms with E-state index >= 15 is 0 Å². The van der Waals surface area contributed by atoms with Crippen LogP contribution in [0.15, 0.2) is 35.4 Å². The third kappa shape index (κ3) is 2.60. The molecule has 2 rings (SSSR count). The molecule has 2 aromatic rings. The van der Waals surface area contributed by atoms with Crippen LogP contribution in [-0.2, 0) is 0 Å². The van der Waals surface area contributed by atoms with Crippen molar-refractivity contribution in [1.82, 2.24) is 4.98 Å². The lowest BCUT2D eigenvalue weighted by Gasteiger charge is -2.05. The molecule has 94 valence electrons. The van der Waals surface area contributed by atoms with E-state index in [0.29, 0.717) is 11.9 Å². The van der Waals surface area contributed by atoms with Gasteiger partial charge in [0.25, 0.3) is 5.69 Å². The minimum absolute atomic E-state index is 0.0251. The highest BCUT2D eigenvalue weighted by Crippen LogP contribution is 2.32. The molecule has 0 spiro atoms. The number of benzene rings is 1. The van der Waals surface area contributed by atoms with Crippen LogP contribution < -0.4 is 0 Å². The van der Waals surface area contributed by atoms with Crippen molar-refractivity contribution >= 4 is 28.4 Å². The number of fused-ring (bicyclic) bond motifs is 1. The number of pyridine rings is 1. The summed E-state index contributed by atoms with van der Waals surface area (Å²) < 4.78 is 0. The van der Waals surface area contributed by atoms with Crippen molar-refractivity contribution < 1.29 is 10.0 Å². The zero-order valence-corrected chi connectivity index (χ0v) is 10.4. The number of hydrogen-bond acceptors (Lipinski definition) is 5. The molecule has 1 N–H and O–H groups in total. The average Bonchev–Trinajstić information content (AvgIpc) is 2.38. The van der Waals surface area contributed by atoms with Crippen LogP contribution in [0.4, 0.5) is 5.69 Å². The van der Waals surface area contributed by atoms with Gasteiger partial charge in [0.2, 0.25) is 0 Å². The minimum atomic E-state index is -0.419. The normalized spacial score (nSPS) is 10.7. The van der Waals surface area contributed by atoms with Gasteiger partial charge in [-0.15, -0.1) is 11.8 Å². The Morgan fingerprint density at radius 3 is 2.94 bits per heavy atom. The highest BCUT2D eigenvalue weighted by atomic mass is 32.2. The van der Waals surface area contributed by atoms with Crippen molar-refractivity contribution in [2.45, 2.75) is 11.3 Å². The maximum absolute atomic E-state index is 10.9. The molecule has 0 unspecified atom stereocenters. The Morgan fingerprint density at radius 2 is 2.22 bits per heavy atom. The summed E-state index contributed by atoms with van der Waals surface area (Å²) in [6, 6.07) is 6.82. The predicted molar refractivity (Wildman–Crippen MR) is 70.8 cm³/mol. The van der Waals surface area contributed by atoms with Gasteiger partial charge in [-0.2, -0.15) is 0 Å². The third-order valence-electron chi connectivity index (χ3n) is 2.47. The second kappa shape index (κ2) is 5.79. The Morgan fingerprint density at radius 1 is 1.39 bits per heavy atom. The van der Waals surface area contributed by atoms with Crippen molar-refractivity contribution in [3.8, 4) is 0 Å². The number of aliphatic hydroxyl groups is 1. The van der Waals surface area contributed by atoms with E-state index in [1.807, 2.05) is 6.07 Å². The van der Waals surface area contributed by atoms with Crippen molar-refractivity contribution in [2.24, 2.45) is 0 Å². The number of nitro groups is 1. The summed E-state index contributed by atoms with van der Waals surface area (Å²) >= 11 is 1.57. The Hall–Kier alpha value is -1.66. The number of hydrogen-bond donors (Lipinski definition) is 1. The summed E-state index contributed by atoms with van der Waals surface area (Å²) in [7, 11) is 0. The fourth-order valence-electron chi connectivity index (χ4n) is 1.65. The van der Waals surface area contributed by atoms with Gasteiger partial charge in [-0.1, -0.05) is 0 Å². The number of non-ortho nitro benzene ring substituents is 1. The molecule has 0 aliphatic rings. The summed E-state index contributed by atoms with van der Waals surface area (Å²) in [5.41, 5.74) is 0.439. The van der Waals surface area contributed by atoms with Crippen LogP contribution in [0.1, 0.15) is 6.42 Å². The SMILES string of the molecule is O=[N+]([O-])c1ccc(SCCCO)c2cccnc12. The first-order valence-electron chi connectivity index (χ1n) is 5.50. The fraction of sp³-hybridized carbons (Fsp3) is 0.250. The largest absolute Gasteiger partial charge is 0.396 e. The van der Waals surface area contributed by atoms with Crippen LogP contribution in [0.2, 0.25) is 0 Å². The van der Waals surface area contributed by atoms with Crippen LogP contribution in [0, 0.1) is 10.1 Å². The smallest absolute Gasteiger partial charge is 0.295 e. The molecule has 6 heteroatoms. The van der Waals surface area contributed by atoms with Crippen LogP contribution >= 0.6 is 11.8 Å². The van der Waals surface area contributed by atoms with E-state index in [4.69, 9.17) is 5.11 Å². The Labute approximate surface area is 108 Å². The lowest BCUT2D eigenvalue weighted by atomic mass is 10.2. The fourth-order valence-corrected chi connectivity index (χ4v) is 2.63. The van der Waals surface area contributed by atoms with Gasteiger partial charge in [0, 0.05) is 34.9 Å². The van der Waals surface area contributed by atoms with Crippen molar-refractivity contribution in [2.75, 3.05) is 12.4 Å². The van der Waals surface area contributed by atoms with Crippen LogP contribution in [0.3, 0.4) is 0 Å². The molecule has 0 aliphatic carbocycles. The van der Waals surface area contributed by atoms with Gasteiger partial charge >= 0.3 is 0 Å². The monoisotopic (exact) mass is 264 g/mol. The second-order valence-corrected chi connectivity index (χ2v) is 4.80. The second-order valence-electron chi connectivity index (χ2n) is 3.67. The maximum Gasteiger partial charge on any atom is 0.295 e. The zero-order chi connectivity index (χ0) is 13.0. The summed E-state index contributed by atoms with van der Waals surface area (Å²) in [5.74, 6) is 0.776. The van der Waals surface area contributed by atoms with E-state index < -0.39 is 4.92 Å². The Balaban J connectivity index is 2.44. The average molecular weight is 264 g/mol. The quantitative estimate of drug-likeness (QED) is 0.389. The van der Waals surface area contributed by atoms with E-state index in [1.54, 1.807) is 30.1 Å². The Kier molecular flexibility index (Phi) is 4.11. The van der Waals surface area contributed by atoms with Gasteiger partial charge < -0.3 is 5.11 Å². The maximum atomic E-state index is 10.9. The molecule has 5 nitrogen and oxygen atoms in total. The molecule has 0 fully saturated rings. The Bertz CT molecular complexity index is 574. The molecule has 0 radical (unpaired) electrons. The van der Waals surface area contributed by atoms with Gasteiger partial charge in [-0.05, 0) is 24.6 Å². The highest BCUT2D eigenvalue weighted by Gasteiger charge is 2.15.